The Bertz CT molecular complexity index is 3550. The van der Waals surface area contributed by atoms with Crippen molar-refractivity contribution < 1.29 is 0 Å². The molecule has 0 spiro atoms. The van der Waals surface area contributed by atoms with Crippen molar-refractivity contribution in [2.45, 2.75) is 0 Å². The highest BCUT2D eigenvalue weighted by Gasteiger charge is 2.19. The van der Waals surface area contributed by atoms with E-state index in [2.05, 4.69) is 228 Å². The molecule has 12 aromatic rings. The Kier molecular flexibility index (Phi) is 8.46. The fourth-order valence-electron chi connectivity index (χ4n) is 9.36. The van der Waals surface area contributed by atoms with E-state index >= 15 is 0 Å². The minimum atomic E-state index is 0.696. The first-order valence-electron chi connectivity index (χ1n) is 21.1. The van der Waals surface area contributed by atoms with Crippen LogP contribution < -0.4 is 0 Å². The van der Waals surface area contributed by atoms with Gasteiger partial charge in [-0.15, -0.1) is 0 Å². The normalized spacial score (nSPS) is 11.5. The monoisotopic (exact) mass is 790 g/mol. The van der Waals surface area contributed by atoms with Gasteiger partial charge >= 0.3 is 0 Å². The van der Waals surface area contributed by atoms with Crippen molar-refractivity contribution in [2.75, 3.05) is 0 Å². The van der Waals surface area contributed by atoms with Crippen LogP contribution in [0.2, 0.25) is 0 Å². The van der Waals surface area contributed by atoms with Crippen LogP contribution in [-0.2, 0) is 0 Å². The summed E-state index contributed by atoms with van der Waals surface area (Å²) in [5.74, 6) is 0.696. The summed E-state index contributed by atoms with van der Waals surface area (Å²) in [5.41, 5.74) is 16.6. The molecule has 0 amide bonds. The van der Waals surface area contributed by atoms with E-state index in [0.717, 1.165) is 50.5 Å². The molecule has 3 aromatic heterocycles. The molecule has 0 unspecified atom stereocenters. The zero-order valence-corrected chi connectivity index (χ0v) is 33.7. The molecule has 4 heteroatoms. The summed E-state index contributed by atoms with van der Waals surface area (Å²) in [6, 6.07) is 82.1. The Hall–Kier alpha value is -8.34. The van der Waals surface area contributed by atoms with E-state index in [1.54, 1.807) is 0 Å². The predicted octanol–water partition coefficient (Wildman–Crippen LogP) is 15.0. The Morgan fingerprint density at radius 3 is 1.26 bits per heavy atom. The van der Waals surface area contributed by atoms with Gasteiger partial charge in [0.25, 0.3) is 0 Å². The summed E-state index contributed by atoms with van der Waals surface area (Å²) in [5, 5.41) is 4.93. The maximum atomic E-state index is 5.15. The Balaban J connectivity index is 0.975. The smallest absolute Gasteiger partial charge is 0.160 e. The van der Waals surface area contributed by atoms with Gasteiger partial charge in [-0.25, -0.2) is 9.97 Å². The van der Waals surface area contributed by atoms with E-state index in [-0.39, 0.29) is 0 Å². The molecule has 4 nitrogen and oxygen atoms in total. The van der Waals surface area contributed by atoms with Crippen LogP contribution >= 0.6 is 0 Å². The first kappa shape index (κ1) is 35.6. The highest BCUT2D eigenvalue weighted by Crippen LogP contribution is 2.42. The molecule has 62 heavy (non-hydrogen) atoms. The zero-order chi connectivity index (χ0) is 41.0. The predicted molar refractivity (Wildman–Crippen MR) is 258 cm³/mol. The maximum absolute atomic E-state index is 5.15. The average Bonchev–Trinajstić information content (AvgIpc) is 3.88. The standard InChI is InChI=1S/C58H38N4/c1-4-17-40(18-5-1)50-38-51(41-19-6-2-7-20-41)60-58(59-50)43-22-14-21-42(37-43)47-28-16-32-55-57(47)49-26-11-13-30-53(49)62(55)45-35-33-39(34-36-45)46-27-15-31-54-56(46)48-25-10-12-29-52(48)61(54)44-23-8-3-9-24-44/h1-38H. The number of hydrogen-bond donors (Lipinski definition) is 0. The molecule has 0 saturated heterocycles. The van der Waals surface area contributed by atoms with Crippen LogP contribution in [0.1, 0.15) is 0 Å². The number of nitrogens with zero attached hydrogens (tertiary/aromatic N) is 4. The molecular weight excluding hydrogens is 753 g/mol. The van der Waals surface area contributed by atoms with Crippen molar-refractivity contribution in [1.29, 1.82) is 0 Å². The topological polar surface area (TPSA) is 35.6 Å². The highest BCUT2D eigenvalue weighted by atomic mass is 15.0. The third-order valence-corrected chi connectivity index (χ3v) is 12.1. The summed E-state index contributed by atoms with van der Waals surface area (Å²) < 4.78 is 4.78. The second-order valence-electron chi connectivity index (χ2n) is 15.8. The van der Waals surface area contributed by atoms with E-state index in [1.807, 2.05) is 12.1 Å². The van der Waals surface area contributed by atoms with Gasteiger partial charge in [-0.2, -0.15) is 0 Å². The van der Waals surface area contributed by atoms with Gasteiger partial charge < -0.3 is 9.13 Å². The first-order valence-corrected chi connectivity index (χ1v) is 21.1. The van der Waals surface area contributed by atoms with Crippen LogP contribution in [0.3, 0.4) is 0 Å². The van der Waals surface area contributed by atoms with Gasteiger partial charge in [0.05, 0.1) is 33.5 Å². The largest absolute Gasteiger partial charge is 0.309 e. The molecule has 0 bridgehead atoms. The third kappa shape index (κ3) is 5.92. The van der Waals surface area contributed by atoms with Gasteiger partial charge in [-0.05, 0) is 82.9 Å². The molecule has 12 rings (SSSR count). The molecule has 0 aliphatic heterocycles. The quantitative estimate of drug-likeness (QED) is 0.161. The van der Waals surface area contributed by atoms with Gasteiger partial charge in [0, 0.05) is 49.6 Å². The van der Waals surface area contributed by atoms with Crippen LogP contribution in [0.5, 0.6) is 0 Å². The van der Waals surface area contributed by atoms with Gasteiger partial charge in [-0.3, -0.25) is 0 Å². The van der Waals surface area contributed by atoms with E-state index < -0.39 is 0 Å². The third-order valence-electron chi connectivity index (χ3n) is 12.1. The van der Waals surface area contributed by atoms with Gasteiger partial charge in [-0.1, -0.05) is 170 Å². The Labute approximate surface area is 359 Å². The fourth-order valence-corrected chi connectivity index (χ4v) is 9.36. The summed E-state index contributed by atoms with van der Waals surface area (Å²) in [6.45, 7) is 0. The summed E-state index contributed by atoms with van der Waals surface area (Å²) in [4.78, 5) is 10.3. The lowest BCUT2D eigenvalue weighted by Gasteiger charge is -2.12. The number of fused-ring (bicyclic) bond motifs is 6. The van der Waals surface area contributed by atoms with Crippen LogP contribution in [0.4, 0.5) is 0 Å². The zero-order valence-electron chi connectivity index (χ0n) is 33.7. The summed E-state index contributed by atoms with van der Waals surface area (Å²) in [6.07, 6.45) is 0. The maximum Gasteiger partial charge on any atom is 0.160 e. The minimum Gasteiger partial charge on any atom is -0.309 e. The Morgan fingerprint density at radius 2 is 0.694 bits per heavy atom. The lowest BCUT2D eigenvalue weighted by Crippen LogP contribution is -1.96. The number of hydrogen-bond acceptors (Lipinski definition) is 2. The first-order chi connectivity index (χ1) is 30.8. The molecule has 0 aliphatic carbocycles. The molecule has 0 aliphatic rings. The van der Waals surface area contributed by atoms with Crippen LogP contribution in [0.25, 0.3) is 111 Å². The van der Waals surface area contributed by atoms with Crippen molar-refractivity contribution in [3.05, 3.63) is 231 Å². The molecule has 290 valence electrons. The lowest BCUT2D eigenvalue weighted by molar-refractivity contribution is 1.18. The van der Waals surface area contributed by atoms with Crippen LogP contribution in [0.15, 0.2) is 231 Å². The highest BCUT2D eigenvalue weighted by molar-refractivity contribution is 6.17. The van der Waals surface area contributed by atoms with E-state index in [1.165, 1.54) is 54.8 Å². The van der Waals surface area contributed by atoms with E-state index in [4.69, 9.17) is 9.97 Å². The van der Waals surface area contributed by atoms with Crippen molar-refractivity contribution in [3.8, 4) is 67.5 Å². The number of para-hydroxylation sites is 3. The van der Waals surface area contributed by atoms with Crippen LogP contribution in [-0.4, -0.2) is 19.1 Å². The molecule has 0 atom stereocenters. The molecule has 0 fully saturated rings. The molecule has 9 aromatic carbocycles. The minimum absolute atomic E-state index is 0.696. The summed E-state index contributed by atoms with van der Waals surface area (Å²) in [7, 11) is 0. The molecule has 0 saturated carbocycles. The van der Waals surface area contributed by atoms with Crippen molar-refractivity contribution in [2.24, 2.45) is 0 Å². The summed E-state index contributed by atoms with van der Waals surface area (Å²) >= 11 is 0. The van der Waals surface area contributed by atoms with Gasteiger partial charge in [0.1, 0.15) is 0 Å². The van der Waals surface area contributed by atoms with Crippen molar-refractivity contribution >= 4 is 43.6 Å². The second kappa shape index (κ2) is 14.7. The number of rotatable bonds is 7. The lowest BCUT2D eigenvalue weighted by atomic mass is 9.97. The molecular formula is C58H38N4. The SMILES string of the molecule is c1ccc(-c2cc(-c3ccccc3)nc(-c3cccc(-c4cccc5c4c4ccccc4n5-c4ccc(-c5cccc6c5c5ccccc5n6-c5ccccc5)cc4)c3)n2)cc1. The van der Waals surface area contributed by atoms with Gasteiger partial charge in [0.2, 0.25) is 0 Å². The van der Waals surface area contributed by atoms with Gasteiger partial charge in [0.15, 0.2) is 5.82 Å². The molecule has 0 N–H and O–H groups in total. The average molecular weight is 791 g/mol. The number of benzene rings is 9. The second-order valence-corrected chi connectivity index (χ2v) is 15.8. The molecule has 3 heterocycles. The fraction of sp³-hybridized carbons (Fsp3) is 0. The van der Waals surface area contributed by atoms with E-state index in [0.29, 0.717) is 5.82 Å². The van der Waals surface area contributed by atoms with Crippen LogP contribution in [0, 0.1) is 0 Å². The molecule has 0 radical (unpaired) electrons. The Morgan fingerprint density at radius 1 is 0.274 bits per heavy atom. The number of aromatic nitrogens is 4. The van der Waals surface area contributed by atoms with Crippen molar-refractivity contribution in [1.82, 2.24) is 19.1 Å². The van der Waals surface area contributed by atoms with Crippen molar-refractivity contribution in [3.63, 3.8) is 0 Å². The van der Waals surface area contributed by atoms with E-state index in [9.17, 15) is 0 Å².